The molecule has 0 aromatic heterocycles. The van der Waals surface area contributed by atoms with Crippen LogP contribution in [0.25, 0.3) is 0 Å². The molecule has 0 unspecified atom stereocenters. The Morgan fingerprint density at radius 1 is 1.00 bits per heavy atom. The number of hydrogen-bond acceptors (Lipinski definition) is 3. The fourth-order valence-electron chi connectivity index (χ4n) is 2.66. The number of hydrogen-bond donors (Lipinski definition) is 1. The molecule has 0 aliphatic rings. The minimum atomic E-state index is -0.249. The van der Waals surface area contributed by atoms with Gasteiger partial charge < -0.3 is 10.1 Å². The Hall–Kier alpha value is -2.79. The Morgan fingerprint density at radius 3 is 2.50 bits per heavy atom. The molecule has 0 saturated carbocycles. The fourth-order valence-corrected chi connectivity index (χ4v) is 3.67. The molecular weight excluding hydrogens is 373 g/mol. The molecular formula is C23H22FNO2S. The summed E-state index contributed by atoms with van der Waals surface area (Å²) in [5.41, 5.74) is 2.70. The van der Waals surface area contributed by atoms with Crippen LogP contribution in [0.3, 0.4) is 0 Å². The normalized spacial score (nSPS) is 10.5. The van der Waals surface area contributed by atoms with Gasteiger partial charge in [-0.2, -0.15) is 0 Å². The van der Waals surface area contributed by atoms with Crippen LogP contribution in [0.2, 0.25) is 0 Å². The van der Waals surface area contributed by atoms with Crippen LogP contribution in [0, 0.1) is 12.7 Å². The number of benzene rings is 3. The highest BCUT2D eigenvalue weighted by molar-refractivity contribution is 7.98. The van der Waals surface area contributed by atoms with Crippen molar-refractivity contribution in [2.45, 2.75) is 17.6 Å². The molecule has 0 heterocycles. The van der Waals surface area contributed by atoms with E-state index in [4.69, 9.17) is 4.74 Å². The Bertz CT molecular complexity index is 928. The highest BCUT2D eigenvalue weighted by Crippen LogP contribution is 2.26. The molecule has 28 heavy (non-hydrogen) atoms. The van der Waals surface area contributed by atoms with Gasteiger partial charge >= 0.3 is 0 Å². The van der Waals surface area contributed by atoms with E-state index >= 15 is 0 Å². The zero-order valence-electron chi connectivity index (χ0n) is 15.7. The molecule has 0 spiro atoms. The summed E-state index contributed by atoms with van der Waals surface area (Å²) < 4.78 is 18.7. The molecule has 3 aromatic rings. The number of nitrogens with one attached hydrogen (secondary N) is 1. The van der Waals surface area contributed by atoms with Crippen LogP contribution < -0.4 is 10.1 Å². The summed E-state index contributed by atoms with van der Waals surface area (Å²) in [4.78, 5) is 13.5. The summed E-state index contributed by atoms with van der Waals surface area (Å²) in [6.07, 6.45) is 0. The van der Waals surface area contributed by atoms with E-state index < -0.39 is 0 Å². The minimum absolute atomic E-state index is 0.129. The van der Waals surface area contributed by atoms with Gasteiger partial charge in [0.2, 0.25) is 0 Å². The van der Waals surface area contributed by atoms with Crippen LogP contribution in [0.15, 0.2) is 77.7 Å². The van der Waals surface area contributed by atoms with Crippen molar-refractivity contribution in [1.82, 2.24) is 5.32 Å². The zero-order chi connectivity index (χ0) is 19.8. The lowest BCUT2D eigenvalue weighted by Gasteiger charge is -2.12. The van der Waals surface area contributed by atoms with Gasteiger partial charge in [-0.05, 0) is 48.4 Å². The van der Waals surface area contributed by atoms with Crippen LogP contribution in [-0.4, -0.2) is 19.1 Å². The maximum Gasteiger partial charge on any atom is 0.252 e. The maximum atomic E-state index is 13.0. The third kappa shape index (κ3) is 5.60. The van der Waals surface area contributed by atoms with E-state index in [0.29, 0.717) is 24.5 Å². The number of halogens is 1. The number of para-hydroxylation sites is 1. The largest absolute Gasteiger partial charge is 0.491 e. The van der Waals surface area contributed by atoms with Crippen molar-refractivity contribution < 1.29 is 13.9 Å². The van der Waals surface area contributed by atoms with Crippen molar-refractivity contribution in [2.24, 2.45) is 0 Å². The predicted octanol–water partition coefficient (Wildman–Crippen LogP) is 5.24. The first-order valence-corrected chi connectivity index (χ1v) is 10.0. The van der Waals surface area contributed by atoms with Crippen LogP contribution in [-0.2, 0) is 5.75 Å². The summed E-state index contributed by atoms with van der Waals surface area (Å²) >= 11 is 1.56. The standard InChI is InChI=1S/C23H22FNO2S/c1-17-6-2-4-8-21(17)27-15-14-25-23(26)20-7-3-5-9-22(20)28-16-18-10-12-19(24)13-11-18/h2-13H,14-16H2,1H3,(H,25,26). The summed E-state index contributed by atoms with van der Waals surface area (Å²) in [5.74, 6) is 1.12. The topological polar surface area (TPSA) is 38.3 Å². The molecule has 0 fully saturated rings. The molecule has 3 nitrogen and oxygen atoms in total. The molecule has 144 valence electrons. The summed E-state index contributed by atoms with van der Waals surface area (Å²) in [5, 5.41) is 2.91. The van der Waals surface area contributed by atoms with E-state index in [0.717, 1.165) is 21.8 Å². The van der Waals surface area contributed by atoms with Crippen LogP contribution in [0.1, 0.15) is 21.5 Å². The molecule has 1 amide bonds. The molecule has 0 radical (unpaired) electrons. The first-order valence-electron chi connectivity index (χ1n) is 9.06. The lowest BCUT2D eigenvalue weighted by Crippen LogP contribution is -2.28. The third-order valence-corrected chi connectivity index (χ3v) is 5.32. The molecule has 5 heteroatoms. The Kier molecular flexibility index (Phi) is 7.09. The second-order valence-electron chi connectivity index (χ2n) is 6.28. The van der Waals surface area contributed by atoms with E-state index in [1.165, 1.54) is 12.1 Å². The Morgan fingerprint density at radius 2 is 1.71 bits per heavy atom. The lowest BCUT2D eigenvalue weighted by molar-refractivity contribution is 0.0944. The Balaban J connectivity index is 1.53. The molecule has 3 aromatic carbocycles. The molecule has 1 N–H and O–H groups in total. The van der Waals surface area contributed by atoms with Crippen molar-refractivity contribution in [3.63, 3.8) is 0 Å². The molecule has 3 rings (SSSR count). The second-order valence-corrected chi connectivity index (χ2v) is 7.30. The summed E-state index contributed by atoms with van der Waals surface area (Å²) in [6.45, 7) is 2.81. The second kappa shape index (κ2) is 9.95. The monoisotopic (exact) mass is 395 g/mol. The van der Waals surface area contributed by atoms with Crippen LogP contribution >= 0.6 is 11.8 Å². The molecule has 0 bridgehead atoms. The van der Waals surface area contributed by atoms with Gasteiger partial charge in [0, 0.05) is 10.6 Å². The average molecular weight is 395 g/mol. The number of ether oxygens (including phenoxy) is 1. The molecule has 0 saturated heterocycles. The van der Waals surface area contributed by atoms with E-state index in [1.807, 2.05) is 55.5 Å². The van der Waals surface area contributed by atoms with Crippen LogP contribution in [0.4, 0.5) is 4.39 Å². The Labute approximate surface area is 168 Å². The van der Waals surface area contributed by atoms with Gasteiger partial charge in [0.15, 0.2) is 0 Å². The van der Waals surface area contributed by atoms with Crippen LogP contribution in [0.5, 0.6) is 5.75 Å². The first-order chi connectivity index (χ1) is 13.6. The van der Waals surface area contributed by atoms with E-state index in [2.05, 4.69) is 5.32 Å². The van der Waals surface area contributed by atoms with E-state index in [-0.39, 0.29) is 11.7 Å². The van der Waals surface area contributed by atoms with Gasteiger partial charge in [-0.25, -0.2) is 4.39 Å². The molecule has 0 aliphatic heterocycles. The highest BCUT2D eigenvalue weighted by atomic mass is 32.2. The first kappa shape index (κ1) is 20.0. The van der Waals surface area contributed by atoms with Gasteiger partial charge in [-0.3, -0.25) is 4.79 Å². The minimum Gasteiger partial charge on any atom is -0.491 e. The maximum absolute atomic E-state index is 13.0. The number of rotatable bonds is 8. The number of aryl methyl sites for hydroxylation is 1. The number of carbonyl (C=O) groups is 1. The average Bonchev–Trinajstić information content (AvgIpc) is 2.72. The summed E-state index contributed by atoms with van der Waals surface area (Å²) in [6, 6.07) is 21.7. The van der Waals surface area contributed by atoms with Gasteiger partial charge in [0.1, 0.15) is 18.2 Å². The zero-order valence-corrected chi connectivity index (χ0v) is 16.5. The SMILES string of the molecule is Cc1ccccc1OCCNC(=O)c1ccccc1SCc1ccc(F)cc1. The predicted molar refractivity (Wildman–Crippen MR) is 111 cm³/mol. The smallest absolute Gasteiger partial charge is 0.252 e. The highest BCUT2D eigenvalue weighted by Gasteiger charge is 2.11. The fraction of sp³-hybridized carbons (Fsp3) is 0.174. The molecule has 0 atom stereocenters. The summed E-state index contributed by atoms with van der Waals surface area (Å²) in [7, 11) is 0. The van der Waals surface area contributed by atoms with Gasteiger partial charge in [-0.1, -0.05) is 42.5 Å². The third-order valence-electron chi connectivity index (χ3n) is 4.18. The van der Waals surface area contributed by atoms with Gasteiger partial charge in [0.05, 0.1) is 12.1 Å². The lowest BCUT2D eigenvalue weighted by atomic mass is 10.2. The van der Waals surface area contributed by atoms with Crippen molar-refractivity contribution in [3.05, 3.63) is 95.3 Å². The van der Waals surface area contributed by atoms with Crippen molar-refractivity contribution >= 4 is 17.7 Å². The quantitative estimate of drug-likeness (QED) is 0.419. The van der Waals surface area contributed by atoms with Gasteiger partial charge in [-0.15, -0.1) is 11.8 Å². The van der Waals surface area contributed by atoms with Crippen molar-refractivity contribution in [3.8, 4) is 5.75 Å². The number of amides is 1. The van der Waals surface area contributed by atoms with Crippen molar-refractivity contribution in [1.29, 1.82) is 0 Å². The van der Waals surface area contributed by atoms with Gasteiger partial charge in [0.25, 0.3) is 5.91 Å². The van der Waals surface area contributed by atoms with Crippen molar-refractivity contribution in [2.75, 3.05) is 13.2 Å². The van der Waals surface area contributed by atoms with E-state index in [1.54, 1.807) is 23.9 Å². The van der Waals surface area contributed by atoms with E-state index in [9.17, 15) is 9.18 Å². The number of thioether (sulfide) groups is 1. The molecule has 0 aliphatic carbocycles. The number of carbonyl (C=O) groups excluding carboxylic acids is 1.